The number of aromatic carboxylic acids is 1. The smallest absolute Gasteiger partial charge is 0.354 e. The van der Waals surface area contributed by atoms with E-state index in [1.807, 2.05) is 0 Å². The number of carboxylic acid groups (broad SMARTS) is 1. The minimum Gasteiger partial charge on any atom is -0.477 e. The zero-order valence-electron chi connectivity index (χ0n) is 13.4. The van der Waals surface area contributed by atoms with E-state index in [1.165, 1.54) is 31.0 Å². The number of hydrogen-bond donors (Lipinski definition) is 2. The molecule has 1 aromatic heterocycles. The number of likely N-dealkylation sites (tertiary alicyclic amines) is 1. The van der Waals surface area contributed by atoms with E-state index in [2.05, 4.69) is 10.3 Å². The summed E-state index contributed by atoms with van der Waals surface area (Å²) in [5.41, 5.74) is -0.0504. The van der Waals surface area contributed by atoms with E-state index < -0.39 is 5.97 Å². The average Bonchev–Trinajstić information content (AvgIpc) is 3.43. The van der Waals surface area contributed by atoms with Gasteiger partial charge in [-0.2, -0.15) is 0 Å². The molecule has 7 nitrogen and oxygen atoms in total. The molecule has 7 heteroatoms. The van der Waals surface area contributed by atoms with E-state index in [0.29, 0.717) is 19.0 Å². The van der Waals surface area contributed by atoms with Crippen LogP contribution in [0.3, 0.4) is 0 Å². The van der Waals surface area contributed by atoms with Crippen molar-refractivity contribution in [2.24, 2.45) is 11.8 Å². The van der Waals surface area contributed by atoms with Gasteiger partial charge < -0.3 is 15.3 Å². The monoisotopic (exact) mass is 331 g/mol. The second kappa shape index (κ2) is 6.98. The Morgan fingerprint density at radius 3 is 2.67 bits per heavy atom. The molecule has 1 saturated carbocycles. The van der Waals surface area contributed by atoms with Crippen LogP contribution in [-0.4, -0.2) is 52.4 Å². The number of piperidine rings is 1. The second-order valence-corrected chi connectivity index (χ2v) is 6.49. The number of carboxylic acids is 1. The zero-order valence-corrected chi connectivity index (χ0v) is 13.4. The number of aromatic nitrogens is 1. The molecule has 2 aliphatic rings. The lowest BCUT2D eigenvalue weighted by Crippen LogP contribution is -2.46. The number of amides is 2. The number of carbonyl (C=O) groups excluding carboxylic acids is 2. The molecule has 2 fully saturated rings. The van der Waals surface area contributed by atoms with E-state index in [9.17, 15) is 14.4 Å². The summed E-state index contributed by atoms with van der Waals surface area (Å²) in [5.74, 6) is -1.06. The van der Waals surface area contributed by atoms with Crippen LogP contribution < -0.4 is 5.32 Å². The van der Waals surface area contributed by atoms with Crippen molar-refractivity contribution in [2.45, 2.75) is 25.7 Å². The third-order valence-corrected chi connectivity index (χ3v) is 4.53. The maximum absolute atomic E-state index is 12.6. The molecule has 0 aromatic carbocycles. The van der Waals surface area contributed by atoms with E-state index >= 15 is 0 Å². The van der Waals surface area contributed by atoms with Crippen molar-refractivity contribution in [3.8, 4) is 0 Å². The Hall–Kier alpha value is -2.44. The summed E-state index contributed by atoms with van der Waals surface area (Å²) in [6.45, 7) is 1.64. The van der Waals surface area contributed by atoms with Gasteiger partial charge in [-0.25, -0.2) is 9.78 Å². The fourth-order valence-corrected chi connectivity index (χ4v) is 2.92. The topological polar surface area (TPSA) is 99.6 Å². The molecule has 2 heterocycles. The van der Waals surface area contributed by atoms with Gasteiger partial charge in [-0.15, -0.1) is 0 Å². The molecular formula is C17H21N3O4. The summed E-state index contributed by atoms with van der Waals surface area (Å²) < 4.78 is 0. The van der Waals surface area contributed by atoms with Crippen LogP contribution in [0, 0.1) is 11.8 Å². The van der Waals surface area contributed by atoms with Gasteiger partial charge in [-0.3, -0.25) is 9.59 Å². The van der Waals surface area contributed by atoms with Gasteiger partial charge in [0, 0.05) is 19.6 Å². The van der Waals surface area contributed by atoms with Crippen LogP contribution in [0.15, 0.2) is 18.2 Å². The van der Waals surface area contributed by atoms with Crippen molar-refractivity contribution >= 4 is 17.8 Å². The Balaban J connectivity index is 1.62. The standard InChI is InChI=1S/C17H21N3O4/c21-15(18-9-11-6-7-11)12-3-2-8-20(10-12)16(22)13-4-1-5-14(19-13)17(23)24/h1,4-5,11-12H,2-3,6-10H2,(H,18,21)(H,23,24). The van der Waals surface area contributed by atoms with E-state index in [1.54, 1.807) is 4.90 Å². The lowest BCUT2D eigenvalue weighted by molar-refractivity contribution is -0.126. The predicted octanol–water partition coefficient (Wildman–Crippen LogP) is 1.16. The summed E-state index contributed by atoms with van der Waals surface area (Å²) in [4.78, 5) is 41.3. The van der Waals surface area contributed by atoms with Crippen LogP contribution in [0.5, 0.6) is 0 Å². The number of hydrogen-bond acceptors (Lipinski definition) is 4. The lowest BCUT2D eigenvalue weighted by Gasteiger charge is -2.31. The van der Waals surface area contributed by atoms with Gasteiger partial charge >= 0.3 is 5.97 Å². The van der Waals surface area contributed by atoms with Crippen LogP contribution in [0.2, 0.25) is 0 Å². The average molecular weight is 331 g/mol. The molecule has 0 spiro atoms. The van der Waals surface area contributed by atoms with Crippen LogP contribution in [-0.2, 0) is 4.79 Å². The molecule has 0 bridgehead atoms. The van der Waals surface area contributed by atoms with Gasteiger partial charge in [0.15, 0.2) is 0 Å². The van der Waals surface area contributed by atoms with E-state index in [0.717, 1.165) is 19.4 Å². The van der Waals surface area contributed by atoms with Crippen molar-refractivity contribution in [1.29, 1.82) is 0 Å². The molecule has 1 atom stereocenters. The van der Waals surface area contributed by atoms with Crippen molar-refractivity contribution in [1.82, 2.24) is 15.2 Å². The third kappa shape index (κ3) is 3.90. The van der Waals surface area contributed by atoms with Gasteiger partial charge in [0.2, 0.25) is 5.91 Å². The Morgan fingerprint density at radius 2 is 1.96 bits per heavy atom. The first-order chi connectivity index (χ1) is 11.5. The fourth-order valence-electron chi connectivity index (χ4n) is 2.92. The van der Waals surface area contributed by atoms with Crippen molar-refractivity contribution < 1.29 is 19.5 Å². The molecule has 128 valence electrons. The second-order valence-electron chi connectivity index (χ2n) is 6.49. The first-order valence-corrected chi connectivity index (χ1v) is 8.32. The van der Waals surface area contributed by atoms with Gasteiger partial charge in [0.1, 0.15) is 11.4 Å². The molecule has 2 N–H and O–H groups in total. The first kappa shape index (κ1) is 16.4. The summed E-state index contributed by atoms with van der Waals surface area (Å²) in [6, 6.07) is 4.36. The summed E-state index contributed by atoms with van der Waals surface area (Å²) >= 11 is 0. The number of nitrogens with one attached hydrogen (secondary N) is 1. The molecule has 24 heavy (non-hydrogen) atoms. The number of pyridine rings is 1. The van der Waals surface area contributed by atoms with Gasteiger partial charge in [-0.05, 0) is 43.7 Å². The van der Waals surface area contributed by atoms with Gasteiger partial charge in [0.05, 0.1) is 5.92 Å². The van der Waals surface area contributed by atoms with E-state index in [4.69, 9.17) is 5.11 Å². The van der Waals surface area contributed by atoms with Crippen molar-refractivity contribution in [2.75, 3.05) is 19.6 Å². The maximum atomic E-state index is 12.6. The molecule has 1 aromatic rings. The summed E-state index contributed by atoms with van der Waals surface area (Å²) in [6.07, 6.45) is 3.89. The zero-order chi connectivity index (χ0) is 17.1. The minimum atomic E-state index is -1.17. The number of rotatable bonds is 5. The van der Waals surface area contributed by atoms with Crippen LogP contribution in [0.4, 0.5) is 0 Å². The number of carbonyl (C=O) groups is 3. The van der Waals surface area contributed by atoms with Gasteiger partial charge in [0.25, 0.3) is 5.91 Å². The molecule has 1 unspecified atom stereocenters. The molecule has 0 radical (unpaired) electrons. The quantitative estimate of drug-likeness (QED) is 0.843. The summed E-state index contributed by atoms with van der Waals surface area (Å²) in [5, 5.41) is 12.0. The Morgan fingerprint density at radius 1 is 1.21 bits per heavy atom. The molecule has 3 rings (SSSR count). The molecule has 1 aliphatic carbocycles. The predicted molar refractivity (Wildman–Crippen MR) is 85.6 cm³/mol. The minimum absolute atomic E-state index is 0.00615. The van der Waals surface area contributed by atoms with Crippen molar-refractivity contribution in [3.63, 3.8) is 0 Å². The van der Waals surface area contributed by atoms with Crippen LogP contribution in [0.1, 0.15) is 46.7 Å². The highest BCUT2D eigenvalue weighted by molar-refractivity contribution is 5.94. The first-order valence-electron chi connectivity index (χ1n) is 8.32. The lowest BCUT2D eigenvalue weighted by atomic mass is 9.96. The molecule has 1 aliphatic heterocycles. The Bertz CT molecular complexity index is 657. The number of nitrogens with zero attached hydrogens (tertiary/aromatic N) is 2. The summed E-state index contributed by atoms with van der Waals surface area (Å²) in [7, 11) is 0. The highest BCUT2D eigenvalue weighted by Gasteiger charge is 2.30. The normalized spacial score (nSPS) is 20.5. The highest BCUT2D eigenvalue weighted by atomic mass is 16.4. The fraction of sp³-hybridized carbons (Fsp3) is 0.529. The Labute approximate surface area is 140 Å². The molecule has 1 saturated heterocycles. The van der Waals surface area contributed by atoms with Crippen LogP contribution >= 0.6 is 0 Å². The molecular weight excluding hydrogens is 310 g/mol. The van der Waals surface area contributed by atoms with Gasteiger partial charge in [-0.1, -0.05) is 6.07 Å². The SMILES string of the molecule is O=C(O)c1cccc(C(=O)N2CCCC(C(=O)NCC3CC3)C2)n1. The highest BCUT2D eigenvalue weighted by Crippen LogP contribution is 2.28. The largest absolute Gasteiger partial charge is 0.477 e. The van der Waals surface area contributed by atoms with Crippen LogP contribution in [0.25, 0.3) is 0 Å². The molecule has 2 amide bonds. The Kier molecular flexibility index (Phi) is 4.78. The third-order valence-electron chi connectivity index (χ3n) is 4.53. The maximum Gasteiger partial charge on any atom is 0.354 e. The van der Waals surface area contributed by atoms with E-state index in [-0.39, 0.29) is 29.1 Å². The van der Waals surface area contributed by atoms with Crippen molar-refractivity contribution in [3.05, 3.63) is 29.6 Å².